The standard InChI is InChI=1S/C17H11BrN4O2/c18-13-3-6-15-12(9-13)10-16(22(23)24)17(21-15)20-14-4-1-11(2-5-14)7-8-19/h1-6,9-10H,7H2,(H,20,21). The third-order valence-electron chi connectivity index (χ3n) is 3.45. The average molecular weight is 383 g/mol. The Morgan fingerprint density at radius 1 is 1.21 bits per heavy atom. The van der Waals surface area contributed by atoms with Crippen LogP contribution in [0.1, 0.15) is 5.56 Å². The lowest BCUT2D eigenvalue weighted by Crippen LogP contribution is -2.00. The molecule has 0 aliphatic rings. The molecule has 0 fully saturated rings. The number of benzene rings is 2. The highest BCUT2D eigenvalue weighted by Crippen LogP contribution is 2.30. The first kappa shape index (κ1) is 15.9. The van der Waals surface area contributed by atoms with Crippen LogP contribution >= 0.6 is 15.9 Å². The van der Waals surface area contributed by atoms with Gasteiger partial charge in [0.2, 0.25) is 5.82 Å². The Morgan fingerprint density at radius 2 is 1.96 bits per heavy atom. The number of pyridine rings is 1. The van der Waals surface area contributed by atoms with Gasteiger partial charge in [-0.2, -0.15) is 5.26 Å². The second-order valence-electron chi connectivity index (χ2n) is 5.11. The van der Waals surface area contributed by atoms with Crippen molar-refractivity contribution >= 4 is 44.0 Å². The lowest BCUT2D eigenvalue weighted by molar-refractivity contribution is -0.384. The number of fused-ring (bicyclic) bond motifs is 1. The normalized spacial score (nSPS) is 10.3. The molecule has 0 amide bonds. The molecular formula is C17H11BrN4O2. The Kier molecular flexibility index (Phi) is 4.40. The molecule has 118 valence electrons. The zero-order valence-corrected chi connectivity index (χ0v) is 13.9. The van der Waals surface area contributed by atoms with Crippen LogP contribution in [0.2, 0.25) is 0 Å². The second-order valence-corrected chi connectivity index (χ2v) is 6.02. The topological polar surface area (TPSA) is 91.8 Å². The van der Waals surface area contributed by atoms with Crippen LogP contribution in [0.3, 0.4) is 0 Å². The Bertz CT molecular complexity index is 965. The summed E-state index contributed by atoms with van der Waals surface area (Å²) in [6, 6.07) is 16.1. The number of nitriles is 1. The van der Waals surface area contributed by atoms with Crippen LogP contribution in [0.4, 0.5) is 17.2 Å². The van der Waals surface area contributed by atoms with Gasteiger partial charge in [0.1, 0.15) is 0 Å². The van der Waals surface area contributed by atoms with E-state index in [9.17, 15) is 10.1 Å². The van der Waals surface area contributed by atoms with Crippen LogP contribution < -0.4 is 5.32 Å². The summed E-state index contributed by atoms with van der Waals surface area (Å²) < 4.78 is 0.833. The minimum atomic E-state index is -0.459. The number of hydrogen-bond donors (Lipinski definition) is 1. The van der Waals surface area contributed by atoms with E-state index in [0.717, 1.165) is 10.0 Å². The van der Waals surface area contributed by atoms with E-state index in [1.165, 1.54) is 6.07 Å². The SMILES string of the molecule is N#CCc1ccc(Nc2nc3ccc(Br)cc3cc2[N+](=O)[O-])cc1. The molecule has 3 aromatic rings. The molecule has 24 heavy (non-hydrogen) atoms. The number of halogens is 1. The number of nitrogens with zero attached hydrogens (tertiary/aromatic N) is 3. The fraction of sp³-hybridized carbons (Fsp3) is 0.0588. The van der Waals surface area contributed by atoms with E-state index in [0.29, 0.717) is 23.0 Å². The van der Waals surface area contributed by atoms with Crippen LogP contribution in [0.25, 0.3) is 10.9 Å². The molecule has 0 aliphatic heterocycles. The van der Waals surface area contributed by atoms with Crippen LogP contribution in [0.5, 0.6) is 0 Å². The minimum absolute atomic E-state index is 0.0956. The van der Waals surface area contributed by atoms with E-state index in [2.05, 4.69) is 32.3 Å². The van der Waals surface area contributed by atoms with Gasteiger partial charge in [0.15, 0.2) is 0 Å². The number of nitrogens with one attached hydrogen (secondary N) is 1. The van der Waals surface area contributed by atoms with E-state index in [4.69, 9.17) is 5.26 Å². The predicted molar refractivity (Wildman–Crippen MR) is 95.1 cm³/mol. The number of aromatic nitrogens is 1. The van der Waals surface area contributed by atoms with Gasteiger partial charge in [-0.25, -0.2) is 4.98 Å². The van der Waals surface area contributed by atoms with E-state index >= 15 is 0 Å². The van der Waals surface area contributed by atoms with Crippen molar-refractivity contribution in [2.45, 2.75) is 6.42 Å². The van der Waals surface area contributed by atoms with Crippen molar-refractivity contribution in [1.29, 1.82) is 5.26 Å². The van der Waals surface area contributed by atoms with E-state index < -0.39 is 4.92 Å². The van der Waals surface area contributed by atoms with Gasteiger partial charge in [0, 0.05) is 21.6 Å². The van der Waals surface area contributed by atoms with Crippen LogP contribution in [0, 0.1) is 21.4 Å². The summed E-state index contributed by atoms with van der Waals surface area (Å²) in [6.45, 7) is 0. The zero-order chi connectivity index (χ0) is 17.1. The van der Waals surface area contributed by atoms with Gasteiger partial charge in [-0.3, -0.25) is 10.1 Å². The molecule has 1 N–H and O–H groups in total. The lowest BCUT2D eigenvalue weighted by Gasteiger charge is -2.08. The van der Waals surface area contributed by atoms with Gasteiger partial charge in [-0.15, -0.1) is 0 Å². The molecular weight excluding hydrogens is 372 g/mol. The number of hydrogen-bond acceptors (Lipinski definition) is 5. The molecule has 3 rings (SSSR count). The number of rotatable bonds is 4. The van der Waals surface area contributed by atoms with Gasteiger partial charge in [-0.05, 0) is 35.9 Å². The van der Waals surface area contributed by atoms with E-state index in [1.807, 2.05) is 6.07 Å². The average Bonchev–Trinajstić information content (AvgIpc) is 2.56. The summed E-state index contributed by atoms with van der Waals surface area (Å²) in [7, 11) is 0. The maximum Gasteiger partial charge on any atom is 0.312 e. The fourth-order valence-electron chi connectivity index (χ4n) is 2.30. The molecule has 0 spiro atoms. The largest absolute Gasteiger partial charge is 0.334 e. The van der Waals surface area contributed by atoms with E-state index in [1.54, 1.807) is 36.4 Å². The first-order valence-electron chi connectivity index (χ1n) is 7.04. The first-order valence-corrected chi connectivity index (χ1v) is 7.84. The van der Waals surface area contributed by atoms with Gasteiger partial charge < -0.3 is 5.32 Å². The minimum Gasteiger partial charge on any atom is -0.334 e. The van der Waals surface area contributed by atoms with Crippen molar-refractivity contribution in [2.24, 2.45) is 0 Å². The predicted octanol–water partition coefficient (Wildman–Crippen LogP) is 4.72. The monoisotopic (exact) mass is 382 g/mol. The molecule has 1 heterocycles. The molecule has 0 aliphatic carbocycles. The third-order valence-corrected chi connectivity index (χ3v) is 3.95. The highest BCUT2D eigenvalue weighted by Gasteiger charge is 2.17. The van der Waals surface area contributed by atoms with Gasteiger partial charge in [-0.1, -0.05) is 28.1 Å². The summed E-state index contributed by atoms with van der Waals surface area (Å²) in [5.74, 6) is 0.183. The highest BCUT2D eigenvalue weighted by molar-refractivity contribution is 9.10. The third kappa shape index (κ3) is 3.34. The fourth-order valence-corrected chi connectivity index (χ4v) is 2.68. The van der Waals surface area contributed by atoms with Crippen LogP contribution in [-0.4, -0.2) is 9.91 Å². The smallest absolute Gasteiger partial charge is 0.312 e. The van der Waals surface area contributed by atoms with Crippen molar-refractivity contribution in [3.63, 3.8) is 0 Å². The first-order chi connectivity index (χ1) is 11.6. The van der Waals surface area contributed by atoms with Gasteiger partial charge in [0.05, 0.1) is 22.9 Å². The summed E-state index contributed by atoms with van der Waals surface area (Å²) in [5, 5.41) is 23.7. The number of nitro groups is 1. The summed E-state index contributed by atoms with van der Waals surface area (Å²) >= 11 is 3.35. The van der Waals surface area contributed by atoms with Crippen molar-refractivity contribution in [3.8, 4) is 6.07 Å². The molecule has 0 saturated heterocycles. The Hall–Kier alpha value is -2.98. The van der Waals surface area contributed by atoms with Crippen molar-refractivity contribution < 1.29 is 4.92 Å². The van der Waals surface area contributed by atoms with Crippen LogP contribution in [-0.2, 0) is 6.42 Å². The van der Waals surface area contributed by atoms with Crippen LogP contribution in [0.15, 0.2) is 53.0 Å². The zero-order valence-electron chi connectivity index (χ0n) is 12.4. The van der Waals surface area contributed by atoms with Gasteiger partial charge >= 0.3 is 5.69 Å². The summed E-state index contributed by atoms with van der Waals surface area (Å²) in [4.78, 5) is 15.3. The number of anilines is 2. The molecule has 0 saturated carbocycles. The molecule has 0 radical (unpaired) electrons. The Balaban J connectivity index is 2.01. The van der Waals surface area contributed by atoms with E-state index in [-0.39, 0.29) is 11.5 Å². The summed E-state index contributed by atoms with van der Waals surface area (Å²) in [6.07, 6.45) is 0.323. The summed E-state index contributed by atoms with van der Waals surface area (Å²) in [5.41, 5.74) is 2.12. The van der Waals surface area contributed by atoms with Crippen molar-refractivity contribution in [3.05, 3.63) is 68.7 Å². The van der Waals surface area contributed by atoms with Crippen molar-refractivity contribution in [2.75, 3.05) is 5.32 Å². The second kappa shape index (κ2) is 6.64. The maximum absolute atomic E-state index is 11.4. The quantitative estimate of drug-likeness (QED) is 0.520. The van der Waals surface area contributed by atoms with Crippen molar-refractivity contribution in [1.82, 2.24) is 4.98 Å². The highest BCUT2D eigenvalue weighted by atomic mass is 79.9. The Labute approximate surface area is 146 Å². The maximum atomic E-state index is 11.4. The molecule has 0 bridgehead atoms. The lowest BCUT2D eigenvalue weighted by atomic mass is 10.1. The Morgan fingerprint density at radius 3 is 2.62 bits per heavy atom. The molecule has 2 aromatic carbocycles. The molecule has 6 nitrogen and oxygen atoms in total. The molecule has 1 aromatic heterocycles. The molecule has 7 heteroatoms. The van der Waals surface area contributed by atoms with Gasteiger partial charge in [0.25, 0.3) is 0 Å². The molecule has 0 atom stereocenters. The molecule has 0 unspecified atom stereocenters.